The second-order valence-corrected chi connectivity index (χ2v) is 8.51. The lowest BCUT2D eigenvalue weighted by atomic mass is 9.96. The van der Waals surface area contributed by atoms with Crippen LogP contribution in [0.3, 0.4) is 0 Å². The van der Waals surface area contributed by atoms with Gasteiger partial charge in [0.1, 0.15) is 17.1 Å². The summed E-state index contributed by atoms with van der Waals surface area (Å²) >= 11 is 1.54. The number of unbranched alkanes of at least 4 members (excludes halogenated alkanes) is 1. The van der Waals surface area contributed by atoms with Crippen LogP contribution in [-0.4, -0.2) is 23.0 Å². The van der Waals surface area contributed by atoms with Crippen LogP contribution < -0.4 is 4.90 Å². The molecule has 0 atom stereocenters. The number of aryl methyl sites for hydroxylation is 2. The van der Waals surface area contributed by atoms with Crippen LogP contribution in [0.1, 0.15) is 48.4 Å². The Morgan fingerprint density at radius 1 is 1.13 bits per heavy atom. The number of carbonyl (C=O) groups excluding carboxylic acids is 1. The molecular weight excluding hydrogens is 397 g/mol. The first kappa shape index (κ1) is 22.1. The first-order chi connectivity index (χ1) is 14.5. The van der Waals surface area contributed by atoms with Gasteiger partial charge < -0.3 is 9.69 Å². The fraction of sp³-hybridized carbons (Fsp3) is 0.375. The van der Waals surface area contributed by atoms with Gasteiger partial charge in [-0.2, -0.15) is 0 Å². The van der Waals surface area contributed by atoms with Crippen molar-refractivity contribution in [1.29, 1.82) is 0 Å². The highest BCUT2D eigenvalue weighted by molar-refractivity contribution is 7.18. The zero-order valence-electron chi connectivity index (χ0n) is 17.8. The summed E-state index contributed by atoms with van der Waals surface area (Å²) in [7, 11) is 0. The zero-order valence-corrected chi connectivity index (χ0v) is 18.6. The van der Waals surface area contributed by atoms with Gasteiger partial charge in [0, 0.05) is 30.6 Å². The van der Waals surface area contributed by atoms with Crippen LogP contribution in [0, 0.1) is 19.7 Å². The Morgan fingerprint density at radius 2 is 1.87 bits per heavy atom. The number of hydrogen-bond donors (Lipinski definition) is 0. The minimum Gasteiger partial charge on any atom is -0.342 e. The van der Waals surface area contributed by atoms with Crippen molar-refractivity contribution in [2.75, 3.05) is 11.4 Å². The molecule has 3 aromatic rings. The van der Waals surface area contributed by atoms with E-state index < -0.39 is 0 Å². The maximum absolute atomic E-state index is 14.2. The molecule has 0 aliphatic heterocycles. The SMILES string of the molecule is CCCCN(Cc1ccccc1F)c1nnc(-c2cc(C)c(CCC=O)c(C)c2)s1. The van der Waals surface area contributed by atoms with E-state index in [4.69, 9.17) is 0 Å². The standard InChI is InChI=1S/C24H28FN3OS/c1-4-5-12-28(16-19-9-6-7-11-22(19)25)24-27-26-23(30-24)20-14-17(2)21(10-8-13-29)18(3)15-20/h6-7,9,11,13-15H,4-5,8,10,12,16H2,1-3H3. The van der Waals surface area contributed by atoms with E-state index in [-0.39, 0.29) is 5.82 Å². The summed E-state index contributed by atoms with van der Waals surface area (Å²) in [6, 6.07) is 11.1. The van der Waals surface area contributed by atoms with E-state index in [1.165, 1.54) is 23.0 Å². The minimum absolute atomic E-state index is 0.194. The molecule has 0 bridgehead atoms. The summed E-state index contributed by atoms with van der Waals surface area (Å²) < 4.78 is 14.2. The molecule has 0 spiro atoms. The highest BCUT2D eigenvalue weighted by atomic mass is 32.1. The molecule has 0 saturated heterocycles. The molecular formula is C24H28FN3OS. The lowest BCUT2D eigenvalue weighted by Crippen LogP contribution is -2.24. The van der Waals surface area contributed by atoms with Crippen molar-refractivity contribution in [2.24, 2.45) is 0 Å². The Labute approximate surface area is 181 Å². The predicted molar refractivity (Wildman–Crippen MR) is 122 cm³/mol. The summed E-state index contributed by atoms with van der Waals surface area (Å²) in [5, 5.41) is 10.5. The molecule has 0 fully saturated rings. The highest BCUT2D eigenvalue weighted by Gasteiger charge is 2.17. The number of nitrogens with zero attached hydrogens (tertiary/aromatic N) is 3. The summed E-state index contributed by atoms with van der Waals surface area (Å²) in [5.41, 5.74) is 5.25. The Balaban J connectivity index is 1.86. The lowest BCUT2D eigenvalue weighted by Gasteiger charge is -2.21. The molecule has 1 heterocycles. The van der Waals surface area contributed by atoms with Crippen LogP contribution in [0.25, 0.3) is 10.6 Å². The van der Waals surface area contributed by atoms with Gasteiger partial charge in [0.15, 0.2) is 0 Å². The average Bonchev–Trinajstić information content (AvgIpc) is 3.22. The van der Waals surface area contributed by atoms with Gasteiger partial charge in [-0.15, -0.1) is 10.2 Å². The fourth-order valence-electron chi connectivity index (χ4n) is 3.60. The van der Waals surface area contributed by atoms with Gasteiger partial charge >= 0.3 is 0 Å². The smallest absolute Gasteiger partial charge is 0.208 e. The van der Waals surface area contributed by atoms with Crippen molar-refractivity contribution >= 4 is 22.8 Å². The highest BCUT2D eigenvalue weighted by Crippen LogP contribution is 2.32. The second-order valence-electron chi connectivity index (χ2n) is 7.55. The third kappa shape index (κ3) is 5.30. The van der Waals surface area contributed by atoms with Gasteiger partial charge in [-0.1, -0.05) is 42.9 Å². The third-order valence-corrected chi connectivity index (χ3v) is 6.27. The first-order valence-corrected chi connectivity index (χ1v) is 11.2. The van der Waals surface area contributed by atoms with Gasteiger partial charge in [-0.3, -0.25) is 0 Å². The van der Waals surface area contributed by atoms with E-state index in [1.54, 1.807) is 6.07 Å². The molecule has 158 valence electrons. The van der Waals surface area contributed by atoms with Crippen LogP contribution in [0.2, 0.25) is 0 Å². The van der Waals surface area contributed by atoms with Gasteiger partial charge in [-0.05, 0) is 61.6 Å². The summed E-state index contributed by atoms with van der Waals surface area (Å²) in [6.07, 6.45) is 4.32. The number of anilines is 1. The predicted octanol–water partition coefficient (Wildman–Crippen LogP) is 5.90. The molecule has 2 aromatic carbocycles. The third-order valence-electron chi connectivity index (χ3n) is 5.24. The maximum Gasteiger partial charge on any atom is 0.208 e. The number of aromatic nitrogens is 2. The van der Waals surface area contributed by atoms with E-state index >= 15 is 0 Å². The van der Waals surface area contributed by atoms with Crippen LogP contribution in [-0.2, 0) is 17.8 Å². The van der Waals surface area contributed by atoms with E-state index in [9.17, 15) is 9.18 Å². The largest absolute Gasteiger partial charge is 0.342 e. The van der Waals surface area contributed by atoms with E-state index in [0.29, 0.717) is 18.5 Å². The Kier molecular flexibility index (Phi) is 7.69. The number of carbonyl (C=O) groups is 1. The van der Waals surface area contributed by atoms with Crippen molar-refractivity contribution in [3.63, 3.8) is 0 Å². The number of aldehydes is 1. The van der Waals surface area contributed by atoms with Crippen molar-refractivity contribution in [1.82, 2.24) is 10.2 Å². The summed E-state index contributed by atoms with van der Waals surface area (Å²) in [5.74, 6) is -0.194. The average molecular weight is 426 g/mol. The van der Waals surface area contributed by atoms with E-state index in [0.717, 1.165) is 58.9 Å². The Hall–Kier alpha value is -2.60. The number of halogens is 1. The maximum atomic E-state index is 14.2. The molecule has 1 aromatic heterocycles. The van der Waals surface area contributed by atoms with Gasteiger partial charge in [0.05, 0.1) is 0 Å². The number of benzene rings is 2. The second kappa shape index (κ2) is 10.4. The molecule has 3 rings (SSSR count). The molecule has 30 heavy (non-hydrogen) atoms. The van der Waals surface area contributed by atoms with Crippen LogP contribution >= 0.6 is 11.3 Å². The van der Waals surface area contributed by atoms with E-state index in [2.05, 4.69) is 48.0 Å². The summed E-state index contributed by atoms with van der Waals surface area (Å²) in [4.78, 5) is 12.9. The molecule has 0 aliphatic rings. The molecule has 0 amide bonds. The normalized spacial score (nSPS) is 10.9. The van der Waals surface area contributed by atoms with Gasteiger partial charge in [0.2, 0.25) is 5.13 Å². The molecule has 0 aliphatic carbocycles. The Morgan fingerprint density at radius 3 is 2.53 bits per heavy atom. The lowest BCUT2D eigenvalue weighted by molar-refractivity contribution is -0.107. The Bertz CT molecular complexity index is 979. The monoisotopic (exact) mass is 425 g/mol. The molecule has 0 saturated carbocycles. The van der Waals surface area contributed by atoms with Crippen LogP contribution in [0.5, 0.6) is 0 Å². The van der Waals surface area contributed by atoms with Crippen LogP contribution in [0.15, 0.2) is 36.4 Å². The topological polar surface area (TPSA) is 46.1 Å². The van der Waals surface area contributed by atoms with Crippen molar-refractivity contribution in [2.45, 2.75) is 53.0 Å². The molecule has 4 nitrogen and oxygen atoms in total. The summed E-state index contributed by atoms with van der Waals surface area (Å²) in [6.45, 7) is 7.57. The van der Waals surface area contributed by atoms with Crippen LogP contribution in [0.4, 0.5) is 9.52 Å². The van der Waals surface area contributed by atoms with Gasteiger partial charge in [0.25, 0.3) is 0 Å². The quantitative estimate of drug-likeness (QED) is 0.380. The fourth-order valence-corrected chi connectivity index (χ4v) is 4.45. The zero-order chi connectivity index (χ0) is 21.5. The number of rotatable bonds is 10. The van der Waals surface area contributed by atoms with Crippen molar-refractivity contribution < 1.29 is 9.18 Å². The van der Waals surface area contributed by atoms with Gasteiger partial charge in [-0.25, -0.2) is 4.39 Å². The molecule has 0 N–H and O–H groups in total. The molecule has 0 radical (unpaired) electrons. The van der Waals surface area contributed by atoms with Crippen molar-refractivity contribution in [3.05, 3.63) is 64.5 Å². The number of hydrogen-bond acceptors (Lipinski definition) is 5. The van der Waals surface area contributed by atoms with Crippen molar-refractivity contribution in [3.8, 4) is 10.6 Å². The molecule has 6 heteroatoms. The minimum atomic E-state index is -0.194. The molecule has 0 unspecified atom stereocenters. The first-order valence-electron chi connectivity index (χ1n) is 10.4. The van der Waals surface area contributed by atoms with E-state index in [1.807, 2.05) is 12.1 Å².